The standard InChI is InChI=1S/C21H18BrClN2O5/c1-12-4-5-15(8-17(12)23)25-21(27)14(10-24)6-13-7-18(28-2)19(9-16(13)22)30-11-20(26)29-3/h4-9H,11H2,1-3H3,(H,25,27)/b14-6-. The fourth-order valence-electron chi connectivity index (χ4n) is 2.30. The molecule has 0 heterocycles. The van der Waals surface area contributed by atoms with Crippen molar-refractivity contribution in [3.8, 4) is 17.6 Å². The Kier molecular flexibility index (Phi) is 8.27. The summed E-state index contributed by atoms with van der Waals surface area (Å²) in [5.74, 6) is -0.522. The fraction of sp³-hybridized carbons (Fsp3) is 0.190. The highest BCUT2D eigenvalue weighted by atomic mass is 79.9. The smallest absolute Gasteiger partial charge is 0.343 e. The highest BCUT2D eigenvalue weighted by molar-refractivity contribution is 9.10. The first kappa shape index (κ1) is 23.3. The predicted molar refractivity (Wildman–Crippen MR) is 117 cm³/mol. The van der Waals surface area contributed by atoms with E-state index in [4.69, 9.17) is 21.1 Å². The zero-order valence-corrected chi connectivity index (χ0v) is 18.8. The maximum atomic E-state index is 12.5. The Morgan fingerprint density at radius 1 is 1.23 bits per heavy atom. The number of nitrogens with one attached hydrogen (secondary N) is 1. The van der Waals surface area contributed by atoms with E-state index in [1.807, 2.05) is 13.0 Å². The number of anilines is 1. The second-order valence-corrected chi connectivity index (χ2v) is 7.24. The van der Waals surface area contributed by atoms with E-state index >= 15 is 0 Å². The molecule has 0 atom stereocenters. The van der Waals surface area contributed by atoms with Crippen molar-refractivity contribution in [2.45, 2.75) is 6.92 Å². The fourth-order valence-corrected chi connectivity index (χ4v) is 2.92. The van der Waals surface area contributed by atoms with Crippen molar-refractivity contribution in [1.29, 1.82) is 5.26 Å². The molecule has 156 valence electrons. The number of nitrogens with zero attached hydrogens (tertiary/aromatic N) is 1. The number of halogens is 2. The number of ether oxygens (including phenoxy) is 3. The van der Waals surface area contributed by atoms with Crippen LogP contribution in [0.2, 0.25) is 5.02 Å². The summed E-state index contributed by atoms with van der Waals surface area (Å²) in [6.07, 6.45) is 1.40. The SMILES string of the molecule is COC(=O)COc1cc(Br)c(/C=C(/C#N)C(=O)Nc2ccc(C)c(Cl)c2)cc1OC. The molecular formula is C21H18BrClN2O5. The van der Waals surface area contributed by atoms with Crippen LogP contribution < -0.4 is 14.8 Å². The molecule has 0 spiro atoms. The Balaban J connectivity index is 2.29. The van der Waals surface area contributed by atoms with Crippen LogP contribution in [0.1, 0.15) is 11.1 Å². The number of carbonyl (C=O) groups excluding carboxylic acids is 2. The molecule has 0 unspecified atom stereocenters. The number of carbonyl (C=O) groups is 2. The van der Waals surface area contributed by atoms with Crippen LogP contribution in [0.15, 0.2) is 40.4 Å². The van der Waals surface area contributed by atoms with E-state index in [0.29, 0.717) is 32.2 Å². The van der Waals surface area contributed by atoms with Gasteiger partial charge in [-0.3, -0.25) is 4.79 Å². The van der Waals surface area contributed by atoms with Gasteiger partial charge in [-0.1, -0.05) is 33.6 Å². The molecule has 7 nitrogen and oxygen atoms in total. The molecule has 0 aliphatic heterocycles. The van der Waals surface area contributed by atoms with Gasteiger partial charge in [0.2, 0.25) is 0 Å². The lowest BCUT2D eigenvalue weighted by Gasteiger charge is -2.12. The van der Waals surface area contributed by atoms with Gasteiger partial charge in [0.25, 0.3) is 5.91 Å². The Morgan fingerprint density at radius 3 is 2.57 bits per heavy atom. The summed E-state index contributed by atoms with van der Waals surface area (Å²) in [6.45, 7) is 1.55. The van der Waals surface area contributed by atoms with Crippen LogP contribution in [0.5, 0.6) is 11.5 Å². The molecule has 1 amide bonds. The number of esters is 1. The summed E-state index contributed by atoms with van der Waals surface area (Å²) in [7, 11) is 2.69. The second kappa shape index (κ2) is 10.7. The molecule has 0 fully saturated rings. The average molecular weight is 494 g/mol. The van der Waals surface area contributed by atoms with Crippen LogP contribution in [0.3, 0.4) is 0 Å². The van der Waals surface area contributed by atoms with Gasteiger partial charge < -0.3 is 19.5 Å². The first-order chi connectivity index (χ1) is 14.3. The number of hydrogen-bond acceptors (Lipinski definition) is 6. The summed E-state index contributed by atoms with van der Waals surface area (Å²) in [5.41, 5.74) is 1.72. The van der Waals surface area contributed by atoms with Gasteiger partial charge in [0.15, 0.2) is 18.1 Å². The van der Waals surface area contributed by atoms with Crippen LogP contribution in [-0.4, -0.2) is 32.7 Å². The lowest BCUT2D eigenvalue weighted by molar-refractivity contribution is -0.142. The minimum Gasteiger partial charge on any atom is -0.493 e. The lowest BCUT2D eigenvalue weighted by atomic mass is 10.1. The largest absolute Gasteiger partial charge is 0.493 e. The number of benzene rings is 2. The van der Waals surface area contributed by atoms with Crippen molar-refractivity contribution in [2.75, 3.05) is 26.1 Å². The molecule has 2 aromatic rings. The van der Waals surface area contributed by atoms with Gasteiger partial charge in [0.05, 0.1) is 14.2 Å². The molecule has 0 aliphatic rings. The van der Waals surface area contributed by atoms with Crippen molar-refractivity contribution < 1.29 is 23.8 Å². The summed E-state index contributed by atoms with van der Waals surface area (Å²) < 4.78 is 15.7. The maximum Gasteiger partial charge on any atom is 0.343 e. The minimum absolute atomic E-state index is 0.127. The highest BCUT2D eigenvalue weighted by Crippen LogP contribution is 2.34. The third-order valence-corrected chi connectivity index (χ3v) is 5.04. The molecule has 0 aliphatic carbocycles. The van der Waals surface area contributed by atoms with Crippen molar-refractivity contribution in [3.05, 3.63) is 56.5 Å². The van der Waals surface area contributed by atoms with Gasteiger partial charge in [-0.05, 0) is 48.4 Å². The van der Waals surface area contributed by atoms with E-state index in [0.717, 1.165) is 5.56 Å². The molecule has 2 aromatic carbocycles. The molecule has 9 heteroatoms. The van der Waals surface area contributed by atoms with Crippen molar-refractivity contribution in [1.82, 2.24) is 0 Å². The maximum absolute atomic E-state index is 12.5. The van der Waals surface area contributed by atoms with E-state index in [-0.39, 0.29) is 12.2 Å². The van der Waals surface area contributed by atoms with E-state index in [2.05, 4.69) is 26.0 Å². The lowest BCUT2D eigenvalue weighted by Crippen LogP contribution is -2.14. The van der Waals surface area contributed by atoms with Crippen molar-refractivity contribution in [3.63, 3.8) is 0 Å². The van der Waals surface area contributed by atoms with Crippen LogP contribution in [-0.2, 0) is 14.3 Å². The zero-order valence-electron chi connectivity index (χ0n) is 16.4. The molecule has 0 saturated heterocycles. The number of nitriles is 1. The third-order valence-electron chi connectivity index (χ3n) is 3.95. The van der Waals surface area contributed by atoms with Gasteiger partial charge in [-0.2, -0.15) is 5.26 Å². The summed E-state index contributed by atoms with van der Waals surface area (Å²) in [5, 5.41) is 12.6. The predicted octanol–water partition coefficient (Wildman–Crippen LogP) is 4.52. The molecule has 0 bridgehead atoms. The van der Waals surface area contributed by atoms with Crippen molar-refractivity contribution in [2.24, 2.45) is 0 Å². The molecule has 1 N–H and O–H groups in total. The van der Waals surface area contributed by atoms with E-state index in [1.54, 1.807) is 30.3 Å². The van der Waals surface area contributed by atoms with E-state index in [1.165, 1.54) is 20.3 Å². The quantitative estimate of drug-likeness (QED) is 0.346. The van der Waals surface area contributed by atoms with Crippen LogP contribution in [0.25, 0.3) is 6.08 Å². The van der Waals surface area contributed by atoms with Gasteiger partial charge >= 0.3 is 5.97 Å². The molecule has 30 heavy (non-hydrogen) atoms. The highest BCUT2D eigenvalue weighted by Gasteiger charge is 2.15. The van der Waals surface area contributed by atoms with E-state index < -0.39 is 11.9 Å². The normalized spacial score (nSPS) is 10.7. The van der Waals surface area contributed by atoms with Gasteiger partial charge in [0.1, 0.15) is 11.6 Å². The zero-order chi connectivity index (χ0) is 22.3. The van der Waals surface area contributed by atoms with Crippen LogP contribution >= 0.6 is 27.5 Å². The Morgan fingerprint density at radius 2 is 1.97 bits per heavy atom. The van der Waals surface area contributed by atoms with Crippen LogP contribution in [0.4, 0.5) is 5.69 Å². The number of methoxy groups -OCH3 is 2. The van der Waals surface area contributed by atoms with Crippen molar-refractivity contribution >= 4 is 51.2 Å². The van der Waals surface area contributed by atoms with Crippen LogP contribution in [0, 0.1) is 18.3 Å². The topological polar surface area (TPSA) is 97.7 Å². The molecule has 0 radical (unpaired) electrons. The number of hydrogen-bond donors (Lipinski definition) is 1. The van der Waals surface area contributed by atoms with Gasteiger partial charge in [-0.25, -0.2) is 4.79 Å². The first-order valence-electron chi connectivity index (χ1n) is 8.55. The monoisotopic (exact) mass is 492 g/mol. The minimum atomic E-state index is -0.589. The summed E-state index contributed by atoms with van der Waals surface area (Å²) >= 11 is 9.44. The molecule has 0 saturated carbocycles. The Bertz CT molecular complexity index is 1050. The third kappa shape index (κ3) is 5.99. The Labute approximate surface area is 187 Å². The summed E-state index contributed by atoms with van der Waals surface area (Å²) in [4.78, 5) is 23.8. The molecule has 0 aromatic heterocycles. The van der Waals surface area contributed by atoms with E-state index in [9.17, 15) is 14.9 Å². The number of aryl methyl sites for hydroxylation is 1. The average Bonchev–Trinajstić information content (AvgIpc) is 2.73. The second-order valence-electron chi connectivity index (χ2n) is 5.98. The molecular weight excluding hydrogens is 476 g/mol. The summed E-state index contributed by atoms with van der Waals surface area (Å²) in [6, 6.07) is 10.1. The Hall–Kier alpha value is -3.02. The first-order valence-corrected chi connectivity index (χ1v) is 9.72. The number of rotatable bonds is 7. The molecule has 2 rings (SSSR count). The van der Waals surface area contributed by atoms with Gasteiger partial charge in [0, 0.05) is 15.2 Å². The van der Waals surface area contributed by atoms with Gasteiger partial charge in [-0.15, -0.1) is 0 Å². The number of amides is 1.